The van der Waals surface area contributed by atoms with Crippen molar-refractivity contribution in [2.45, 2.75) is 51.6 Å². The molecule has 0 unspecified atom stereocenters. The van der Waals surface area contributed by atoms with E-state index in [0.717, 1.165) is 37.7 Å². The van der Waals surface area contributed by atoms with E-state index in [1.54, 1.807) is 7.11 Å². The lowest BCUT2D eigenvalue weighted by Gasteiger charge is -2.10. The summed E-state index contributed by atoms with van der Waals surface area (Å²) in [7, 11) is 1.71. The first-order valence-corrected chi connectivity index (χ1v) is 6.89. The lowest BCUT2D eigenvalue weighted by molar-refractivity contribution is 0.200. The molecule has 1 N–H and O–H groups in total. The molecule has 1 saturated carbocycles. The third-order valence-electron chi connectivity index (χ3n) is 3.18. The van der Waals surface area contributed by atoms with Gasteiger partial charge in [-0.05, 0) is 19.3 Å². The van der Waals surface area contributed by atoms with Gasteiger partial charge in [-0.15, -0.1) is 0 Å². The second kappa shape index (κ2) is 6.81. The Hall–Kier alpha value is -1.00. The van der Waals surface area contributed by atoms with E-state index in [9.17, 15) is 0 Å². The molecule has 0 aliphatic heterocycles. The van der Waals surface area contributed by atoms with E-state index in [4.69, 9.17) is 4.74 Å². The summed E-state index contributed by atoms with van der Waals surface area (Å²) in [6, 6.07) is 0.729. The number of rotatable bonds is 8. The average Bonchev–Trinajstić information content (AvgIpc) is 3.19. The van der Waals surface area contributed by atoms with Crippen LogP contribution in [0.25, 0.3) is 0 Å². The van der Waals surface area contributed by atoms with Crippen LogP contribution in [0.2, 0.25) is 0 Å². The second-order valence-electron chi connectivity index (χ2n) is 4.91. The van der Waals surface area contributed by atoms with Gasteiger partial charge in [0, 0.05) is 43.6 Å². The standard InChI is InChI=1S/C14H23N3O/c1-3-4-13-11(9-15-12-5-6-12)10-16-14(17-13)7-8-18-2/h10,12,15H,3-9H2,1-2H3. The van der Waals surface area contributed by atoms with Crippen LogP contribution >= 0.6 is 0 Å². The molecular formula is C14H23N3O. The number of hydrogen-bond acceptors (Lipinski definition) is 4. The molecule has 1 aliphatic rings. The number of ether oxygens (including phenoxy) is 1. The van der Waals surface area contributed by atoms with Crippen LogP contribution in [0.4, 0.5) is 0 Å². The highest BCUT2D eigenvalue weighted by Gasteiger charge is 2.20. The van der Waals surface area contributed by atoms with Crippen LogP contribution in [-0.2, 0) is 24.1 Å². The summed E-state index contributed by atoms with van der Waals surface area (Å²) >= 11 is 0. The zero-order chi connectivity index (χ0) is 12.8. The monoisotopic (exact) mass is 249 g/mol. The average molecular weight is 249 g/mol. The van der Waals surface area contributed by atoms with E-state index < -0.39 is 0 Å². The zero-order valence-corrected chi connectivity index (χ0v) is 11.4. The Labute approximate surface area is 109 Å². The summed E-state index contributed by atoms with van der Waals surface area (Å²) in [6.45, 7) is 3.78. The molecular weight excluding hydrogens is 226 g/mol. The Morgan fingerprint density at radius 2 is 2.22 bits per heavy atom. The molecule has 1 heterocycles. The number of nitrogens with zero attached hydrogens (tertiary/aromatic N) is 2. The van der Waals surface area contributed by atoms with Gasteiger partial charge < -0.3 is 10.1 Å². The van der Waals surface area contributed by atoms with Gasteiger partial charge in [0.1, 0.15) is 5.82 Å². The van der Waals surface area contributed by atoms with Crippen LogP contribution < -0.4 is 5.32 Å². The molecule has 0 saturated heterocycles. The minimum atomic E-state index is 0.686. The maximum Gasteiger partial charge on any atom is 0.130 e. The van der Waals surface area contributed by atoms with E-state index >= 15 is 0 Å². The largest absolute Gasteiger partial charge is 0.384 e. The van der Waals surface area contributed by atoms with Gasteiger partial charge in [0.25, 0.3) is 0 Å². The van der Waals surface area contributed by atoms with Crippen LogP contribution in [0, 0.1) is 0 Å². The topological polar surface area (TPSA) is 47.0 Å². The van der Waals surface area contributed by atoms with Gasteiger partial charge in [-0.3, -0.25) is 0 Å². The molecule has 4 heteroatoms. The van der Waals surface area contributed by atoms with Crippen LogP contribution in [0.5, 0.6) is 0 Å². The van der Waals surface area contributed by atoms with Crippen molar-refractivity contribution in [3.05, 3.63) is 23.3 Å². The Kier molecular flexibility index (Phi) is 5.08. The van der Waals surface area contributed by atoms with E-state index in [1.165, 1.54) is 24.1 Å². The lowest BCUT2D eigenvalue weighted by Crippen LogP contribution is -2.18. The number of hydrogen-bond donors (Lipinski definition) is 1. The fraction of sp³-hybridized carbons (Fsp3) is 0.714. The fourth-order valence-corrected chi connectivity index (χ4v) is 1.94. The molecule has 2 rings (SSSR count). The Bertz CT molecular complexity index is 377. The Morgan fingerprint density at radius 1 is 1.39 bits per heavy atom. The van der Waals surface area contributed by atoms with Crippen LogP contribution in [0.3, 0.4) is 0 Å². The number of aromatic nitrogens is 2. The predicted octanol–water partition coefficient (Wildman–Crippen LogP) is 1.87. The first kappa shape index (κ1) is 13.4. The Morgan fingerprint density at radius 3 is 2.89 bits per heavy atom. The maximum atomic E-state index is 5.07. The van der Waals surface area contributed by atoms with Crippen molar-refractivity contribution in [3.8, 4) is 0 Å². The minimum absolute atomic E-state index is 0.686. The summed E-state index contributed by atoms with van der Waals surface area (Å²) < 4.78 is 5.07. The molecule has 0 radical (unpaired) electrons. The van der Waals surface area contributed by atoms with Crippen molar-refractivity contribution < 1.29 is 4.74 Å². The van der Waals surface area contributed by atoms with Gasteiger partial charge in [0.05, 0.1) is 6.61 Å². The van der Waals surface area contributed by atoms with E-state index in [-0.39, 0.29) is 0 Å². The van der Waals surface area contributed by atoms with Gasteiger partial charge in [-0.25, -0.2) is 9.97 Å². The molecule has 1 aromatic rings. The number of aryl methyl sites for hydroxylation is 1. The molecule has 0 aromatic carbocycles. The molecule has 0 spiro atoms. The van der Waals surface area contributed by atoms with E-state index in [1.807, 2.05) is 6.20 Å². The highest BCUT2D eigenvalue weighted by Crippen LogP contribution is 2.19. The van der Waals surface area contributed by atoms with Crippen molar-refractivity contribution in [1.82, 2.24) is 15.3 Å². The zero-order valence-electron chi connectivity index (χ0n) is 11.4. The molecule has 4 nitrogen and oxygen atoms in total. The summed E-state index contributed by atoms with van der Waals surface area (Å²) in [5.41, 5.74) is 2.46. The minimum Gasteiger partial charge on any atom is -0.384 e. The highest BCUT2D eigenvalue weighted by atomic mass is 16.5. The van der Waals surface area contributed by atoms with Crippen molar-refractivity contribution in [2.75, 3.05) is 13.7 Å². The second-order valence-corrected chi connectivity index (χ2v) is 4.91. The number of methoxy groups -OCH3 is 1. The molecule has 1 aromatic heterocycles. The van der Waals surface area contributed by atoms with Gasteiger partial charge >= 0.3 is 0 Å². The summed E-state index contributed by atoms with van der Waals surface area (Å²) in [5.74, 6) is 0.899. The van der Waals surface area contributed by atoms with Crippen molar-refractivity contribution in [3.63, 3.8) is 0 Å². The van der Waals surface area contributed by atoms with Gasteiger partial charge in [0.15, 0.2) is 0 Å². The van der Waals surface area contributed by atoms with Gasteiger partial charge in [-0.2, -0.15) is 0 Å². The molecule has 1 aliphatic carbocycles. The van der Waals surface area contributed by atoms with Gasteiger partial charge in [0.2, 0.25) is 0 Å². The number of nitrogens with one attached hydrogen (secondary N) is 1. The maximum absolute atomic E-state index is 5.07. The van der Waals surface area contributed by atoms with Gasteiger partial charge in [-0.1, -0.05) is 13.3 Å². The molecule has 100 valence electrons. The lowest BCUT2D eigenvalue weighted by atomic mass is 10.1. The van der Waals surface area contributed by atoms with Crippen molar-refractivity contribution >= 4 is 0 Å². The smallest absolute Gasteiger partial charge is 0.130 e. The summed E-state index contributed by atoms with van der Waals surface area (Å²) in [4.78, 5) is 9.09. The van der Waals surface area contributed by atoms with Crippen LogP contribution in [-0.4, -0.2) is 29.7 Å². The molecule has 18 heavy (non-hydrogen) atoms. The summed E-state index contributed by atoms with van der Waals surface area (Å²) in [6.07, 6.45) is 7.56. The molecule has 1 fully saturated rings. The SMILES string of the molecule is CCCc1nc(CCOC)ncc1CNC1CC1. The molecule has 0 amide bonds. The molecule has 0 atom stereocenters. The van der Waals surface area contributed by atoms with Crippen molar-refractivity contribution in [1.29, 1.82) is 0 Å². The van der Waals surface area contributed by atoms with Crippen LogP contribution in [0.1, 0.15) is 43.3 Å². The van der Waals surface area contributed by atoms with Crippen molar-refractivity contribution in [2.24, 2.45) is 0 Å². The normalized spacial score (nSPS) is 15.0. The van der Waals surface area contributed by atoms with Crippen LogP contribution in [0.15, 0.2) is 6.20 Å². The summed E-state index contributed by atoms with van der Waals surface area (Å²) in [5, 5.41) is 3.53. The third-order valence-corrected chi connectivity index (χ3v) is 3.18. The Balaban J connectivity index is 2.01. The first-order chi connectivity index (χ1) is 8.83. The fourth-order valence-electron chi connectivity index (χ4n) is 1.94. The molecule has 0 bridgehead atoms. The predicted molar refractivity (Wildman–Crippen MR) is 71.5 cm³/mol. The quantitative estimate of drug-likeness (QED) is 0.764. The third kappa shape index (κ3) is 4.03. The first-order valence-electron chi connectivity index (χ1n) is 6.89. The van der Waals surface area contributed by atoms with E-state index in [2.05, 4.69) is 22.2 Å². The van der Waals surface area contributed by atoms with E-state index in [0.29, 0.717) is 6.61 Å². The highest BCUT2D eigenvalue weighted by molar-refractivity contribution is 5.18.